The van der Waals surface area contributed by atoms with E-state index >= 15 is 0 Å². The second-order valence-electron chi connectivity index (χ2n) is 10.4. The van der Waals surface area contributed by atoms with Gasteiger partial charge in [-0.2, -0.15) is 0 Å². The maximum atomic E-state index is 14.3. The summed E-state index contributed by atoms with van der Waals surface area (Å²) in [6, 6.07) is -0.0928. The molecule has 3 rings (SSSR count). The molecule has 1 aliphatic heterocycles. The summed E-state index contributed by atoms with van der Waals surface area (Å²) in [5, 5.41) is 3.19. The highest BCUT2D eigenvalue weighted by Gasteiger charge is 2.66. The van der Waals surface area contributed by atoms with Crippen molar-refractivity contribution in [1.82, 2.24) is 5.32 Å². The molecule has 1 saturated heterocycles. The van der Waals surface area contributed by atoms with Crippen LogP contribution in [-0.4, -0.2) is 29.3 Å². The van der Waals surface area contributed by atoms with Crippen LogP contribution < -0.4 is 5.32 Å². The summed E-state index contributed by atoms with van der Waals surface area (Å²) >= 11 is 0. The van der Waals surface area contributed by atoms with Gasteiger partial charge in [0.15, 0.2) is 5.78 Å². The van der Waals surface area contributed by atoms with Crippen LogP contribution in [0, 0.1) is 35.0 Å². The first-order valence-corrected chi connectivity index (χ1v) is 11.8. The SMILES string of the molecule is CC(=O)CC1CC(=O)CCCC=CC2C=C(C)C(C)C3C(CC(C)C)NC(=O)C23C1=O. The maximum absolute atomic E-state index is 14.3. The van der Waals surface area contributed by atoms with Crippen LogP contribution in [0.4, 0.5) is 0 Å². The van der Waals surface area contributed by atoms with Gasteiger partial charge >= 0.3 is 0 Å². The molecule has 0 radical (unpaired) electrons. The third kappa shape index (κ3) is 4.33. The molecular formula is C26H37NO4. The molecule has 0 aromatic rings. The Morgan fingerprint density at radius 3 is 2.61 bits per heavy atom. The van der Waals surface area contributed by atoms with Gasteiger partial charge in [0.05, 0.1) is 0 Å². The average Bonchev–Trinajstić information content (AvgIpc) is 2.94. The molecule has 6 atom stereocenters. The van der Waals surface area contributed by atoms with Crippen molar-refractivity contribution < 1.29 is 19.2 Å². The number of allylic oxidation sites excluding steroid dienone is 4. The number of hydrogen-bond donors (Lipinski definition) is 1. The number of nitrogens with one attached hydrogen (secondary N) is 1. The lowest BCUT2D eigenvalue weighted by Crippen LogP contribution is -2.54. The second kappa shape index (κ2) is 9.22. The fourth-order valence-electron chi connectivity index (χ4n) is 6.15. The highest BCUT2D eigenvalue weighted by Crippen LogP contribution is 2.56. The minimum Gasteiger partial charge on any atom is -0.352 e. The Morgan fingerprint density at radius 1 is 1.26 bits per heavy atom. The van der Waals surface area contributed by atoms with Crippen LogP contribution in [-0.2, 0) is 19.2 Å². The smallest absolute Gasteiger partial charge is 0.235 e. The predicted molar refractivity (Wildman–Crippen MR) is 120 cm³/mol. The van der Waals surface area contributed by atoms with E-state index < -0.39 is 11.3 Å². The number of ketones is 3. The van der Waals surface area contributed by atoms with Gasteiger partial charge < -0.3 is 10.1 Å². The Labute approximate surface area is 186 Å². The quantitative estimate of drug-likeness (QED) is 0.538. The normalized spacial score (nSPS) is 36.4. The lowest BCUT2D eigenvalue weighted by atomic mass is 9.53. The van der Waals surface area contributed by atoms with Crippen molar-refractivity contribution in [2.24, 2.45) is 35.0 Å². The zero-order valence-electron chi connectivity index (χ0n) is 19.6. The Balaban J connectivity index is 2.20. The van der Waals surface area contributed by atoms with E-state index in [4.69, 9.17) is 0 Å². The number of carbonyl (C=O) groups excluding carboxylic acids is 4. The third-order valence-electron chi connectivity index (χ3n) is 7.56. The Bertz CT molecular complexity index is 823. The van der Waals surface area contributed by atoms with Gasteiger partial charge in [-0.25, -0.2) is 0 Å². The molecule has 0 aromatic carbocycles. The Hall–Kier alpha value is -2.04. The molecule has 1 fully saturated rings. The van der Waals surface area contributed by atoms with Gasteiger partial charge in [0.1, 0.15) is 17.0 Å². The van der Waals surface area contributed by atoms with Crippen molar-refractivity contribution in [2.45, 2.75) is 79.2 Å². The van der Waals surface area contributed by atoms with Gasteiger partial charge in [-0.3, -0.25) is 14.4 Å². The van der Waals surface area contributed by atoms with Gasteiger partial charge in [-0.1, -0.05) is 44.6 Å². The highest BCUT2D eigenvalue weighted by atomic mass is 16.2. The molecule has 31 heavy (non-hydrogen) atoms. The molecule has 2 aliphatic carbocycles. The minimum absolute atomic E-state index is 0.00659. The topological polar surface area (TPSA) is 80.3 Å². The van der Waals surface area contributed by atoms with Gasteiger partial charge in [0, 0.05) is 43.1 Å². The zero-order chi connectivity index (χ0) is 22.9. The molecule has 3 aliphatic rings. The van der Waals surface area contributed by atoms with E-state index in [2.05, 4.69) is 39.1 Å². The van der Waals surface area contributed by atoms with Gasteiger partial charge in [0.25, 0.3) is 0 Å². The number of Topliss-reactive ketones (excluding diaryl/α,β-unsaturated/α-hetero) is 3. The minimum atomic E-state index is -1.25. The largest absolute Gasteiger partial charge is 0.352 e. The van der Waals surface area contributed by atoms with Crippen molar-refractivity contribution in [3.8, 4) is 0 Å². The third-order valence-corrected chi connectivity index (χ3v) is 7.56. The Morgan fingerprint density at radius 2 is 1.97 bits per heavy atom. The predicted octanol–water partition coefficient (Wildman–Crippen LogP) is 4.21. The molecule has 1 spiro atoms. The fourth-order valence-corrected chi connectivity index (χ4v) is 6.15. The first kappa shape index (κ1) is 23.6. The summed E-state index contributed by atoms with van der Waals surface area (Å²) < 4.78 is 0. The highest BCUT2D eigenvalue weighted by molar-refractivity contribution is 6.11. The number of carbonyl (C=O) groups is 4. The van der Waals surface area contributed by atoms with Crippen LogP contribution in [0.25, 0.3) is 0 Å². The molecule has 1 amide bonds. The van der Waals surface area contributed by atoms with Crippen LogP contribution in [0.3, 0.4) is 0 Å². The van der Waals surface area contributed by atoms with E-state index in [-0.39, 0.29) is 59.9 Å². The summed E-state index contributed by atoms with van der Waals surface area (Å²) in [7, 11) is 0. The summed E-state index contributed by atoms with van der Waals surface area (Å²) in [4.78, 5) is 52.6. The van der Waals surface area contributed by atoms with Crippen molar-refractivity contribution >= 4 is 23.3 Å². The van der Waals surface area contributed by atoms with Gasteiger partial charge in [-0.05, 0) is 44.9 Å². The summed E-state index contributed by atoms with van der Waals surface area (Å²) in [6.45, 7) is 9.90. The van der Waals surface area contributed by atoms with Crippen LogP contribution in [0.2, 0.25) is 0 Å². The zero-order valence-corrected chi connectivity index (χ0v) is 19.6. The maximum Gasteiger partial charge on any atom is 0.235 e. The molecule has 1 N–H and O–H groups in total. The van der Waals surface area contributed by atoms with Crippen molar-refractivity contribution in [1.29, 1.82) is 0 Å². The molecule has 0 aromatic heterocycles. The van der Waals surface area contributed by atoms with E-state index in [1.807, 2.05) is 12.2 Å². The summed E-state index contributed by atoms with van der Waals surface area (Å²) in [6.07, 6.45) is 8.87. The fraction of sp³-hybridized carbons (Fsp3) is 0.692. The first-order valence-electron chi connectivity index (χ1n) is 11.8. The lowest BCUT2D eigenvalue weighted by Gasteiger charge is -2.46. The molecule has 0 saturated carbocycles. The number of hydrogen-bond acceptors (Lipinski definition) is 4. The summed E-state index contributed by atoms with van der Waals surface area (Å²) in [5.74, 6) is -1.36. The van der Waals surface area contributed by atoms with Gasteiger partial charge in [0.2, 0.25) is 5.91 Å². The Kier molecular flexibility index (Phi) is 7.02. The molecular weight excluding hydrogens is 390 g/mol. The molecule has 5 heteroatoms. The van der Waals surface area contributed by atoms with Crippen LogP contribution in [0.5, 0.6) is 0 Å². The van der Waals surface area contributed by atoms with Crippen molar-refractivity contribution in [3.63, 3.8) is 0 Å². The number of rotatable bonds is 4. The molecule has 170 valence electrons. The standard InChI is InChI=1S/C26H37NO4/c1-15(2)11-22-23-18(5)16(3)12-20-9-7-6-8-10-21(29)14-19(13-17(4)28)24(30)26(20,23)25(31)27-22/h7,9,12,15,18-20,22-23H,6,8,10-11,13-14H2,1-5H3,(H,27,31). The number of amides is 1. The van der Waals surface area contributed by atoms with Gasteiger partial charge in [-0.15, -0.1) is 0 Å². The van der Waals surface area contributed by atoms with Crippen LogP contribution in [0.1, 0.15) is 73.1 Å². The van der Waals surface area contributed by atoms with Crippen molar-refractivity contribution in [2.75, 3.05) is 0 Å². The summed E-state index contributed by atoms with van der Waals surface area (Å²) in [5.41, 5.74) is -0.0536. The van der Waals surface area contributed by atoms with E-state index in [0.717, 1.165) is 19.3 Å². The van der Waals surface area contributed by atoms with E-state index in [1.54, 1.807) is 0 Å². The molecule has 0 bridgehead atoms. The van der Waals surface area contributed by atoms with E-state index in [1.165, 1.54) is 12.5 Å². The lowest BCUT2D eigenvalue weighted by molar-refractivity contribution is -0.150. The van der Waals surface area contributed by atoms with E-state index in [9.17, 15) is 19.2 Å². The van der Waals surface area contributed by atoms with Crippen LogP contribution in [0.15, 0.2) is 23.8 Å². The average molecular weight is 428 g/mol. The molecule has 5 nitrogen and oxygen atoms in total. The van der Waals surface area contributed by atoms with E-state index in [0.29, 0.717) is 12.3 Å². The first-order chi connectivity index (χ1) is 14.6. The molecule has 6 unspecified atom stereocenters. The molecule has 1 heterocycles. The monoisotopic (exact) mass is 427 g/mol. The van der Waals surface area contributed by atoms with Crippen molar-refractivity contribution in [3.05, 3.63) is 23.8 Å². The second-order valence-corrected chi connectivity index (χ2v) is 10.4. The van der Waals surface area contributed by atoms with Crippen LogP contribution >= 0.6 is 0 Å².